The highest BCUT2D eigenvalue weighted by Gasteiger charge is 2.09. The van der Waals surface area contributed by atoms with Gasteiger partial charge in [-0.2, -0.15) is 5.10 Å². The third-order valence-corrected chi connectivity index (χ3v) is 4.63. The molecule has 164 valence electrons. The Hall–Kier alpha value is -3.35. The number of hydrogen-bond acceptors (Lipinski definition) is 4. The van der Waals surface area contributed by atoms with E-state index in [1.165, 1.54) is 5.56 Å². The van der Waals surface area contributed by atoms with E-state index in [1.807, 2.05) is 36.5 Å². The third-order valence-electron chi connectivity index (χ3n) is 4.63. The maximum Gasteiger partial charge on any atom is 0.192 e. The zero-order valence-electron chi connectivity index (χ0n) is 18.7. The van der Waals surface area contributed by atoms with Crippen molar-refractivity contribution in [3.63, 3.8) is 0 Å². The lowest BCUT2D eigenvalue weighted by Gasteiger charge is -2.19. The van der Waals surface area contributed by atoms with Crippen molar-refractivity contribution in [1.82, 2.24) is 25.4 Å². The van der Waals surface area contributed by atoms with Crippen molar-refractivity contribution >= 4 is 5.96 Å². The fourth-order valence-corrected chi connectivity index (χ4v) is 2.98. The predicted molar refractivity (Wildman–Crippen MR) is 125 cm³/mol. The standard InChI is InChI=1S/C24H32N6O/c1-5-25-24(27-16-20-11-13-26-23(15-20)30-14-6-12-28-30)29-19(4)21-7-9-22(10-8-21)31-17-18(2)3/h6-15,18-19H,5,16-17H2,1-4H3,(H2,25,27,29). The molecule has 0 saturated carbocycles. The molecule has 2 aromatic heterocycles. The molecule has 1 unspecified atom stereocenters. The van der Waals surface area contributed by atoms with Gasteiger partial charge in [0.2, 0.25) is 0 Å². The van der Waals surface area contributed by atoms with Crippen LogP contribution >= 0.6 is 0 Å². The van der Waals surface area contributed by atoms with Gasteiger partial charge in [0.1, 0.15) is 5.75 Å². The number of guanidine groups is 1. The van der Waals surface area contributed by atoms with Gasteiger partial charge >= 0.3 is 0 Å². The van der Waals surface area contributed by atoms with Crippen LogP contribution in [0.2, 0.25) is 0 Å². The number of nitrogens with one attached hydrogen (secondary N) is 2. The molecule has 7 heteroatoms. The van der Waals surface area contributed by atoms with Crippen LogP contribution in [0.5, 0.6) is 5.75 Å². The molecular weight excluding hydrogens is 388 g/mol. The van der Waals surface area contributed by atoms with Crippen molar-refractivity contribution in [2.24, 2.45) is 10.9 Å². The molecule has 0 radical (unpaired) electrons. The second kappa shape index (κ2) is 11.2. The highest BCUT2D eigenvalue weighted by molar-refractivity contribution is 5.80. The summed E-state index contributed by atoms with van der Waals surface area (Å²) in [6.45, 7) is 10.5. The first kappa shape index (κ1) is 22.3. The summed E-state index contributed by atoms with van der Waals surface area (Å²) in [7, 11) is 0. The topological polar surface area (TPSA) is 76.4 Å². The minimum Gasteiger partial charge on any atom is -0.493 e. The van der Waals surface area contributed by atoms with Crippen LogP contribution in [0.3, 0.4) is 0 Å². The summed E-state index contributed by atoms with van der Waals surface area (Å²) in [5.74, 6) is 2.96. The third kappa shape index (κ3) is 6.84. The highest BCUT2D eigenvalue weighted by atomic mass is 16.5. The van der Waals surface area contributed by atoms with E-state index in [1.54, 1.807) is 17.1 Å². The normalized spacial score (nSPS) is 12.6. The summed E-state index contributed by atoms with van der Waals surface area (Å²) < 4.78 is 7.52. The fraction of sp³-hybridized carbons (Fsp3) is 0.375. The number of ether oxygens (including phenoxy) is 1. The van der Waals surface area contributed by atoms with Crippen LogP contribution in [0.4, 0.5) is 0 Å². The maximum atomic E-state index is 5.78. The van der Waals surface area contributed by atoms with E-state index in [4.69, 9.17) is 9.73 Å². The Morgan fingerprint density at radius 2 is 1.94 bits per heavy atom. The summed E-state index contributed by atoms with van der Waals surface area (Å²) in [5.41, 5.74) is 2.24. The first-order chi connectivity index (χ1) is 15.0. The Morgan fingerprint density at radius 1 is 1.13 bits per heavy atom. The maximum absolute atomic E-state index is 5.78. The molecule has 7 nitrogen and oxygen atoms in total. The highest BCUT2D eigenvalue weighted by Crippen LogP contribution is 2.18. The Morgan fingerprint density at radius 3 is 2.61 bits per heavy atom. The zero-order chi connectivity index (χ0) is 22.1. The molecule has 0 aliphatic heterocycles. The van der Waals surface area contributed by atoms with Crippen LogP contribution < -0.4 is 15.4 Å². The summed E-state index contributed by atoms with van der Waals surface area (Å²) in [6, 6.07) is 14.2. The number of pyridine rings is 1. The SMILES string of the molecule is CCNC(=NCc1ccnc(-n2cccn2)c1)NC(C)c1ccc(OCC(C)C)cc1. The van der Waals surface area contributed by atoms with E-state index in [0.29, 0.717) is 12.5 Å². The molecule has 0 spiro atoms. The van der Waals surface area contributed by atoms with E-state index >= 15 is 0 Å². The molecule has 1 atom stereocenters. The minimum atomic E-state index is 0.106. The molecule has 3 aromatic rings. The Kier molecular flexibility index (Phi) is 8.04. The zero-order valence-corrected chi connectivity index (χ0v) is 18.7. The molecule has 0 aliphatic rings. The quantitative estimate of drug-likeness (QED) is 0.402. The smallest absolute Gasteiger partial charge is 0.192 e. The van der Waals surface area contributed by atoms with Crippen LogP contribution in [0, 0.1) is 5.92 Å². The van der Waals surface area contributed by atoms with Crippen molar-refractivity contribution in [3.05, 3.63) is 72.2 Å². The molecule has 0 saturated heterocycles. The molecule has 2 heterocycles. The molecule has 2 N–H and O–H groups in total. The van der Waals surface area contributed by atoms with Crippen LogP contribution in [-0.4, -0.2) is 33.9 Å². The van der Waals surface area contributed by atoms with Crippen LogP contribution in [0.25, 0.3) is 5.82 Å². The van der Waals surface area contributed by atoms with Gasteiger partial charge in [-0.25, -0.2) is 14.7 Å². The van der Waals surface area contributed by atoms with Gasteiger partial charge in [0.05, 0.1) is 19.2 Å². The molecule has 0 aliphatic carbocycles. The van der Waals surface area contributed by atoms with Gasteiger partial charge in [0.15, 0.2) is 11.8 Å². The second-order valence-corrected chi connectivity index (χ2v) is 7.81. The first-order valence-electron chi connectivity index (χ1n) is 10.8. The summed E-state index contributed by atoms with van der Waals surface area (Å²) >= 11 is 0. The summed E-state index contributed by atoms with van der Waals surface area (Å²) in [5, 5.41) is 11.0. The lowest BCUT2D eigenvalue weighted by Crippen LogP contribution is -2.38. The molecular formula is C24H32N6O. The molecule has 0 bridgehead atoms. The van der Waals surface area contributed by atoms with E-state index in [2.05, 4.69) is 60.5 Å². The molecule has 31 heavy (non-hydrogen) atoms. The van der Waals surface area contributed by atoms with E-state index in [-0.39, 0.29) is 6.04 Å². The average molecular weight is 421 g/mol. The number of rotatable bonds is 9. The Labute approximate surface area is 184 Å². The van der Waals surface area contributed by atoms with Gasteiger partial charge in [-0.05, 0) is 61.2 Å². The Balaban J connectivity index is 1.63. The van der Waals surface area contributed by atoms with Gasteiger partial charge in [-0.3, -0.25) is 0 Å². The van der Waals surface area contributed by atoms with Crippen LogP contribution in [0.1, 0.15) is 44.9 Å². The minimum absolute atomic E-state index is 0.106. The van der Waals surface area contributed by atoms with Gasteiger partial charge in [0, 0.05) is 25.1 Å². The van der Waals surface area contributed by atoms with Gasteiger partial charge in [-0.1, -0.05) is 26.0 Å². The van der Waals surface area contributed by atoms with Crippen molar-refractivity contribution in [3.8, 4) is 11.6 Å². The van der Waals surface area contributed by atoms with E-state index in [9.17, 15) is 0 Å². The number of nitrogens with zero attached hydrogens (tertiary/aromatic N) is 4. The average Bonchev–Trinajstić information content (AvgIpc) is 3.32. The molecule has 1 aromatic carbocycles. The number of hydrogen-bond donors (Lipinski definition) is 2. The van der Waals surface area contributed by atoms with Crippen LogP contribution in [0.15, 0.2) is 66.0 Å². The molecule has 0 amide bonds. The van der Waals surface area contributed by atoms with Gasteiger partial charge < -0.3 is 15.4 Å². The first-order valence-corrected chi connectivity index (χ1v) is 10.8. The van der Waals surface area contributed by atoms with Gasteiger partial charge in [0.25, 0.3) is 0 Å². The monoisotopic (exact) mass is 420 g/mol. The van der Waals surface area contributed by atoms with E-state index < -0.39 is 0 Å². The van der Waals surface area contributed by atoms with Crippen molar-refractivity contribution in [2.45, 2.75) is 40.3 Å². The second-order valence-electron chi connectivity index (χ2n) is 7.81. The van der Waals surface area contributed by atoms with E-state index in [0.717, 1.165) is 36.2 Å². The lowest BCUT2D eigenvalue weighted by atomic mass is 10.1. The van der Waals surface area contributed by atoms with Gasteiger partial charge in [-0.15, -0.1) is 0 Å². The summed E-state index contributed by atoms with van der Waals surface area (Å²) in [6.07, 6.45) is 5.40. The number of benzene rings is 1. The fourth-order valence-electron chi connectivity index (χ4n) is 2.98. The summed E-state index contributed by atoms with van der Waals surface area (Å²) in [4.78, 5) is 9.12. The molecule has 3 rings (SSSR count). The largest absolute Gasteiger partial charge is 0.493 e. The van der Waals surface area contributed by atoms with Crippen LogP contribution in [-0.2, 0) is 6.54 Å². The predicted octanol–water partition coefficient (Wildman–Crippen LogP) is 4.12. The number of aromatic nitrogens is 3. The lowest BCUT2D eigenvalue weighted by molar-refractivity contribution is 0.271. The Bertz CT molecular complexity index is 950. The van der Waals surface area contributed by atoms with Crippen molar-refractivity contribution in [1.29, 1.82) is 0 Å². The molecule has 0 fully saturated rings. The number of aliphatic imine (C=N–C) groups is 1. The van der Waals surface area contributed by atoms with Crippen molar-refractivity contribution in [2.75, 3.05) is 13.2 Å². The van der Waals surface area contributed by atoms with Crippen molar-refractivity contribution < 1.29 is 4.74 Å².